The zero-order chi connectivity index (χ0) is 16.8. The first kappa shape index (κ1) is 19.7. The smallest absolute Gasteiger partial charge is 0.387 e. The molecule has 8 nitrogen and oxygen atoms in total. The number of carboxylic acid groups (broad SMARTS) is 1. The number of rotatable bonds is 8. The van der Waals surface area contributed by atoms with Crippen molar-refractivity contribution in [1.82, 2.24) is 25.1 Å². The second kappa shape index (κ2) is 9.08. The van der Waals surface area contributed by atoms with Gasteiger partial charge in [-0.2, -0.15) is 13.5 Å². The van der Waals surface area contributed by atoms with Gasteiger partial charge in [-0.1, -0.05) is 0 Å². The van der Waals surface area contributed by atoms with Crippen LogP contribution in [0.1, 0.15) is 12.2 Å². The minimum atomic E-state index is -2.88. The van der Waals surface area contributed by atoms with Crippen molar-refractivity contribution in [1.29, 1.82) is 0 Å². The van der Waals surface area contributed by atoms with E-state index < -0.39 is 12.6 Å². The van der Waals surface area contributed by atoms with Crippen molar-refractivity contribution in [3.63, 3.8) is 0 Å². The predicted octanol–water partition coefficient (Wildman–Crippen LogP) is 1.59. The molecule has 2 rings (SSSR count). The molecule has 2 aromatic rings. The van der Waals surface area contributed by atoms with Crippen molar-refractivity contribution in [2.24, 2.45) is 0 Å². The lowest BCUT2D eigenvalue weighted by atomic mass is 10.3. The van der Waals surface area contributed by atoms with Gasteiger partial charge in [0.05, 0.1) is 18.7 Å². The summed E-state index contributed by atoms with van der Waals surface area (Å²) in [6.07, 6.45) is 0.0116. The van der Waals surface area contributed by atoms with Crippen LogP contribution in [-0.4, -0.2) is 56.4 Å². The maximum Gasteiger partial charge on any atom is 0.387 e. The van der Waals surface area contributed by atoms with Crippen LogP contribution in [0.25, 0.3) is 5.69 Å². The van der Waals surface area contributed by atoms with E-state index in [2.05, 4.69) is 20.3 Å². The number of hydrogen-bond donors (Lipinski definition) is 1. The van der Waals surface area contributed by atoms with E-state index >= 15 is 0 Å². The SMILES string of the molecule is CN(CCC(=O)O)Cc1nnnn1-c1ccc(OC(F)F)cc1.Cl. The van der Waals surface area contributed by atoms with Crippen LogP contribution in [0.3, 0.4) is 0 Å². The first-order valence-electron chi connectivity index (χ1n) is 6.68. The molecule has 1 aromatic carbocycles. The molecule has 0 atom stereocenters. The molecule has 0 unspecified atom stereocenters. The molecule has 132 valence electrons. The number of benzene rings is 1. The van der Waals surface area contributed by atoms with Crippen molar-refractivity contribution in [3.05, 3.63) is 30.1 Å². The topological polar surface area (TPSA) is 93.4 Å². The van der Waals surface area contributed by atoms with Gasteiger partial charge in [-0.05, 0) is 41.7 Å². The van der Waals surface area contributed by atoms with E-state index in [0.29, 0.717) is 24.6 Å². The number of carboxylic acids is 1. The molecule has 11 heteroatoms. The Morgan fingerprint density at radius 2 is 2.04 bits per heavy atom. The lowest BCUT2D eigenvalue weighted by Crippen LogP contribution is -2.23. The molecule has 1 N–H and O–H groups in total. The van der Waals surface area contributed by atoms with Crippen LogP contribution in [0, 0.1) is 0 Å². The number of carbonyl (C=O) groups is 1. The number of alkyl halides is 2. The fraction of sp³-hybridized carbons (Fsp3) is 0.385. The van der Waals surface area contributed by atoms with Crippen LogP contribution in [0.5, 0.6) is 5.75 Å². The zero-order valence-corrected chi connectivity index (χ0v) is 13.5. The van der Waals surface area contributed by atoms with Crippen molar-refractivity contribution in [3.8, 4) is 11.4 Å². The maximum atomic E-state index is 12.1. The molecule has 0 aliphatic heterocycles. The van der Waals surface area contributed by atoms with Crippen molar-refractivity contribution >= 4 is 18.4 Å². The Bertz CT molecular complexity index is 653. The summed E-state index contributed by atoms with van der Waals surface area (Å²) in [6, 6.07) is 5.88. The van der Waals surface area contributed by atoms with E-state index in [4.69, 9.17) is 5.11 Å². The number of aliphatic carboxylic acids is 1. The Morgan fingerprint density at radius 1 is 1.38 bits per heavy atom. The number of hydrogen-bond acceptors (Lipinski definition) is 6. The highest BCUT2D eigenvalue weighted by Gasteiger charge is 2.12. The second-order valence-electron chi connectivity index (χ2n) is 4.76. The van der Waals surface area contributed by atoms with Gasteiger partial charge in [0.15, 0.2) is 5.82 Å². The highest BCUT2D eigenvalue weighted by atomic mass is 35.5. The standard InChI is InChI=1S/C13H15F2N5O3.ClH/c1-19(7-6-12(21)22)8-11-16-17-18-20(11)9-2-4-10(5-3-9)23-13(14)15;/h2-5,13H,6-8H2,1H3,(H,21,22);1H. The lowest BCUT2D eigenvalue weighted by Gasteiger charge is -2.14. The van der Waals surface area contributed by atoms with E-state index in [1.165, 1.54) is 16.8 Å². The van der Waals surface area contributed by atoms with Gasteiger partial charge in [0.1, 0.15) is 5.75 Å². The van der Waals surface area contributed by atoms with Gasteiger partial charge < -0.3 is 9.84 Å². The van der Waals surface area contributed by atoms with Crippen molar-refractivity contribution in [2.75, 3.05) is 13.6 Å². The van der Waals surface area contributed by atoms with Crippen LogP contribution in [0.15, 0.2) is 24.3 Å². The zero-order valence-electron chi connectivity index (χ0n) is 12.7. The summed E-state index contributed by atoms with van der Waals surface area (Å²) in [7, 11) is 1.75. The number of tetrazole rings is 1. The summed E-state index contributed by atoms with van der Waals surface area (Å²) < 4.78 is 30.0. The molecule has 0 saturated heterocycles. The summed E-state index contributed by atoms with van der Waals surface area (Å²) in [5.74, 6) is -0.344. The quantitative estimate of drug-likeness (QED) is 0.761. The summed E-state index contributed by atoms with van der Waals surface area (Å²) in [6.45, 7) is -2.19. The molecule has 0 aliphatic carbocycles. The van der Waals surface area contributed by atoms with Gasteiger partial charge >= 0.3 is 12.6 Å². The fourth-order valence-electron chi connectivity index (χ4n) is 1.88. The van der Waals surface area contributed by atoms with Crippen molar-refractivity contribution in [2.45, 2.75) is 19.6 Å². The van der Waals surface area contributed by atoms with Crippen LogP contribution in [-0.2, 0) is 11.3 Å². The van der Waals surface area contributed by atoms with Crippen LogP contribution >= 0.6 is 12.4 Å². The third-order valence-electron chi connectivity index (χ3n) is 2.96. The molecular weight excluding hydrogens is 348 g/mol. The van der Waals surface area contributed by atoms with Gasteiger partial charge in [-0.25, -0.2) is 0 Å². The van der Waals surface area contributed by atoms with E-state index in [-0.39, 0.29) is 24.6 Å². The number of halogens is 3. The average molecular weight is 364 g/mol. The van der Waals surface area contributed by atoms with E-state index in [0.717, 1.165) is 0 Å². The molecule has 0 amide bonds. The normalized spacial score (nSPS) is 10.7. The Kier molecular flexibility index (Phi) is 7.46. The summed E-state index contributed by atoms with van der Waals surface area (Å²) in [5.41, 5.74) is 0.582. The summed E-state index contributed by atoms with van der Waals surface area (Å²) >= 11 is 0. The van der Waals surface area contributed by atoms with Gasteiger partial charge in [0.2, 0.25) is 0 Å². The Hall–Kier alpha value is -2.33. The third kappa shape index (κ3) is 5.70. The number of ether oxygens (including phenoxy) is 1. The van der Waals surface area contributed by atoms with E-state index in [1.807, 2.05) is 0 Å². The first-order valence-corrected chi connectivity index (χ1v) is 6.68. The summed E-state index contributed by atoms with van der Waals surface area (Å²) in [4.78, 5) is 12.3. The molecule has 0 bridgehead atoms. The predicted molar refractivity (Wildman–Crippen MR) is 81.6 cm³/mol. The minimum absolute atomic E-state index is 0. The lowest BCUT2D eigenvalue weighted by molar-refractivity contribution is -0.137. The molecule has 1 heterocycles. The van der Waals surface area contributed by atoms with Gasteiger partial charge in [-0.3, -0.25) is 9.69 Å². The largest absolute Gasteiger partial charge is 0.481 e. The summed E-state index contributed by atoms with van der Waals surface area (Å²) in [5, 5.41) is 20.0. The van der Waals surface area contributed by atoms with Crippen LogP contribution < -0.4 is 4.74 Å². The van der Waals surface area contributed by atoms with Crippen LogP contribution in [0.4, 0.5) is 8.78 Å². The average Bonchev–Trinajstić information content (AvgIpc) is 2.93. The Morgan fingerprint density at radius 3 is 2.62 bits per heavy atom. The molecule has 0 aliphatic rings. The van der Waals surface area contributed by atoms with Gasteiger partial charge in [0, 0.05) is 6.54 Å². The molecule has 1 aromatic heterocycles. The highest BCUT2D eigenvalue weighted by molar-refractivity contribution is 5.85. The molecule has 24 heavy (non-hydrogen) atoms. The van der Waals surface area contributed by atoms with Gasteiger partial charge in [0.25, 0.3) is 0 Å². The second-order valence-corrected chi connectivity index (χ2v) is 4.76. The molecule has 0 saturated carbocycles. The first-order chi connectivity index (χ1) is 11.0. The molecule has 0 radical (unpaired) electrons. The van der Waals surface area contributed by atoms with E-state index in [9.17, 15) is 13.6 Å². The fourth-order valence-corrected chi connectivity index (χ4v) is 1.88. The maximum absolute atomic E-state index is 12.1. The third-order valence-corrected chi connectivity index (χ3v) is 2.96. The van der Waals surface area contributed by atoms with Crippen molar-refractivity contribution < 1.29 is 23.4 Å². The number of aromatic nitrogens is 4. The molecule has 0 spiro atoms. The monoisotopic (exact) mass is 363 g/mol. The Labute approximate surface area is 142 Å². The van der Waals surface area contributed by atoms with Gasteiger partial charge in [-0.15, -0.1) is 17.5 Å². The Balaban J connectivity index is 0.00000288. The number of nitrogens with zero attached hydrogens (tertiary/aromatic N) is 5. The van der Waals surface area contributed by atoms with Crippen LogP contribution in [0.2, 0.25) is 0 Å². The molecule has 0 fully saturated rings. The molecular formula is C13H16ClF2N5O3. The van der Waals surface area contributed by atoms with E-state index in [1.54, 1.807) is 24.1 Å². The highest BCUT2D eigenvalue weighted by Crippen LogP contribution is 2.17. The minimum Gasteiger partial charge on any atom is -0.481 e.